The molecule has 0 bridgehead atoms. The lowest BCUT2D eigenvalue weighted by Gasteiger charge is -2.38. The molecule has 0 rings (SSSR count). The first-order valence-corrected chi connectivity index (χ1v) is 7.46. The molecule has 0 aromatic heterocycles. The number of nitrogens with zero attached hydrogens (tertiary/aromatic N) is 1. The average Bonchev–Trinajstić information content (AvgIpc) is 2.30. The number of hydrogen-bond donors (Lipinski definition) is 0. The second-order valence-corrected chi connectivity index (χ2v) is 5.21. The molecule has 0 aliphatic heterocycles. The van der Waals surface area contributed by atoms with E-state index >= 15 is 0 Å². The third-order valence-electron chi connectivity index (χ3n) is 3.27. The van der Waals surface area contributed by atoms with Gasteiger partial charge in [-0.25, -0.2) is 0 Å². The minimum absolute atomic E-state index is 1.10. The van der Waals surface area contributed by atoms with Crippen LogP contribution < -0.4 is 0 Å². The van der Waals surface area contributed by atoms with Gasteiger partial charge in [0.2, 0.25) is 0 Å². The second kappa shape index (κ2) is 10.1. The van der Waals surface area contributed by atoms with Gasteiger partial charge in [-0.05, 0) is 31.8 Å². The predicted molar refractivity (Wildman–Crippen MR) is 83.7 cm³/mol. The summed E-state index contributed by atoms with van der Waals surface area (Å²) < 4.78 is 1.21. The summed E-state index contributed by atoms with van der Waals surface area (Å²) in [6.45, 7) is 18.1. The lowest BCUT2D eigenvalue weighted by molar-refractivity contribution is -0.923. The molecule has 0 aromatic carbocycles. The molecule has 0 heterocycles. The van der Waals surface area contributed by atoms with Crippen molar-refractivity contribution >= 4 is 0 Å². The van der Waals surface area contributed by atoms with Gasteiger partial charge < -0.3 is 4.48 Å². The van der Waals surface area contributed by atoms with Crippen LogP contribution in [-0.2, 0) is 0 Å². The van der Waals surface area contributed by atoms with Crippen LogP contribution in [0.5, 0.6) is 0 Å². The van der Waals surface area contributed by atoms with Crippen LogP contribution >= 0.6 is 0 Å². The molecule has 0 aliphatic carbocycles. The molecule has 0 spiro atoms. The minimum Gasteiger partial charge on any atom is -0.320 e. The van der Waals surface area contributed by atoms with Crippen LogP contribution in [-0.4, -0.2) is 30.7 Å². The van der Waals surface area contributed by atoms with E-state index in [0.29, 0.717) is 0 Å². The molecule has 0 amide bonds. The highest BCUT2D eigenvalue weighted by Crippen LogP contribution is 2.15. The minimum atomic E-state index is 1.10. The first-order valence-electron chi connectivity index (χ1n) is 7.46. The molecule has 0 fully saturated rings. The summed E-state index contributed by atoms with van der Waals surface area (Å²) in [5, 5.41) is 0. The summed E-state index contributed by atoms with van der Waals surface area (Å²) in [7, 11) is 0. The first-order chi connectivity index (χ1) is 8.64. The van der Waals surface area contributed by atoms with Crippen molar-refractivity contribution in [2.24, 2.45) is 0 Å². The molecular formula is C17H32N+. The molecule has 1 nitrogen and oxygen atoms in total. The summed E-state index contributed by atoms with van der Waals surface area (Å²) in [4.78, 5) is 0. The summed E-state index contributed by atoms with van der Waals surface area (Å²) in [5.41, 5.74) is 1.25. The van der Waals surface area contributed by atoms with Crippen LogP contribution in [0.15, 0.2) is 36.5 Å². The zero-order chi connectivity index (χ0) is 13.9. The first kappa shape index (κ1) is 17.2. The van der Waals surface area contributed by atoms with E-state index < -0.39 is 0 Å². The monoisotopic (exact) mass is 250 g/mol. The van der Waals surface area contributed by atoms with E-state index in [0.717, 1.165) is 6.54 Å². The maximum Gasteiger partial charge on any atom is 0.104 e. The standard InChI is InChI=1S/C17H32N/c1-6-10-11-12-17(5)16-18(13-7-2,14-8-3)15-9-4/h6,10-12H,5,7-9,13-16H2,1-4H3/q+1/b10-6-,12-11-. The van der Waals surface area contributed by atoms with Gasteiger partial charge in [-0.3, -0.25) is 0 Å². The highest BCUT2D eigenvalue weighted by molar-refractivity contribution is 5.19. The summed E-state index contributed by atoms with van der Waals surface area (Å²) in [6.07, 6.45) is 12.1. The van der Waals surface area contributed by atoms with Crippen LogP contribution in [0.2, 0.25) is 0 Å². The van der Waals surface area contributed by atoms with Crippen molar-refractivity contribution in [3.8, 4) is 0 Å². The lowest BCUT2D eigenvalue weighted by Crippen LogP contribution is -2.50. The van der Waals surface area contributed by atoms with Crippen LogP contribution in [0.4, 0.5) is 0 Å². The highest BCUT2D eigenvalue weighted by Gasteiger charge is 2.24. The fourth-order valence-electron chi connectivity index (χ4n) is 2.78. The zero-order valence-electron chi connectivity index (χ0n) is 12.9. The van der Waals surface area contributed by atoms with Crippen molar-refractivity contribution in [2.45, 2.75) is 47.0 Å². The van der Waals surface area contributed by atoms with Gasteiger partial charge in [-0.15, -0.1) is 0 Å². The SMILES string of the molecule is C=C(/C=C\C=C/C)C[N+](CCC)(CCC)CCC. The number of allylic oxidation sites excluding steroid dienone is 3. The Labute approximate surface area is 114 Å². The van der Waals surface area contributed by atoms with Gasteiger partial charge in [-0.2, -0.15) is 0 Å². The average molecular weight is 250 g/mol. The Balaban J connectivity index is 4.68. The zero-order valence-corrected chi connectivity index (χ0v) is 12.9. The topological polar surface area (TPSA) is 0 Å². The Morgan fingerprint density at radius 1 is 0.944 bits per heavy atom. The number of quaternary nitrogens is 1. The summed E-state index contributed by atoms with van der Waals surface area (Å²) in [5.74, 6) is 0. The molecule has 0 radical (unpaired) electrons. The van der Waals surface area contributed by atoms with Gasteiger partial charge >= 0.3 is 0 Å². The van der Waals surface area contributed by atoms with E-state index in [-0.39, 0.29) is 0 Å². The fourth-order valence-corrected chi connectivity index (χ4v) is 2.78. The predicted octanol–water partition coefficient (Wildman–Crippen LogP) is 4.72. The van der Waals surface area contributed by atoms with Gasteiger partial charge in [0.15, 0.2) is 0 Å². The number of rotatable bonds is 10. The van der Waals surface area contributed by atoms with Crippen molar-refractivity contribution in [3.63, 3.8) is 0 Å². The summed E-state index contributed by atoms with van der Waals surface area (Å²) >= 11 is 0. The quantitative estimate of drug-likeness (QED) is 0.389. The summed E-state index contributed by atoms with van der Waals surface area (Å²) in [6, 6.07) is 0. The molecule has 0 unspecified atom stereocenters. The van der Waals surface area contributed by atoms with Gasteiger partial charge in [0.05, 0.1) is 19.6 Å². The molecule has 0 N–H and O–H groups in total. The van der Waals surface area contributed by atoms with Crippen LogP contribution in [0.1, 0.15) is 47.0 Å². The second-order valence-electron chi connectivity index (χ2n) is 5.21. The Hall–Kier alpha value is -0.820. The highest BCUT2D eigenvalue weighted by atomic mass is 15.3. The van der Waals surface area contributed by atoms with Crippen molar-refractivity contribution in [1.82, 2.24) is 0 Å². The lowest BCUT2D eigenvalue weighted by atomic mass is 10.1. The molecule has 0 saturated carbocycles. The van der Waals surface area contributed by atoms with Gasteiger partial charge in [0.25, 0.3) is 0 Å². The normalized spacial score (nSPS) is 12.7. The van der Waals surface area contributed by atoms with E-state index in [1.165, 1.54) is 49.0 Å². The fraction of sp³-hybridized carbons (Fsp3) is 0.647. The molecule has 0 aromatic rings. The van der Waals surface area contributed by atoms with Crippen LogP contribution in [0.25, 0.3) is 0 Å². The van der Waals surface area contributed by atoms with E-state index in [1.807, 2.05) is 6.92 Å². The Morgan fingerprint density at radius 3 is 1.83 bits per heavy atom. The maximum absolute atomic E-state index is 4.22. The molecule has 0 atom stereocenters. The molecule has 104 valence electrons. The van der Waals surface area contributed by atoms with Crippen LogP contribution in [0.3, 0.4) is 0 Å². The third kappa shape index (κ3) is 6.80. The molecule has 0 aliphatic rings. The van der Waals surface area contributed by atoms with E-state index in [1.54, 1.807) is 0 Å². The largest absolute Gasteiger partial charge is 0.320 e. The maximum atomic E-state index is 4.22. The van der Waals surface area contributed by atoms with Crippen molar-refractivity contribution in [3.05, 3.63) is 36.5 Å². The molecule has 0 saturated heterocycles. The van der Waals surface area contributed by atoms with E-state index in [4.69, 9.17) is 0 Å². The van der Waals surface area contributed by atoms with Crippen molar-refractivity contribution < 1.29 is 4.48 Å². The van der Waals surface area contributed by atoms with Gasteiger partial charge in [0, 0.05) is 0 Å². The van der Waals surface area contributed by atoms with E-state index in [9.17, 15) is 0 Å². The van der Waals surface area contributed by atoms with Crippen molar-refractivity contribution in [1.29, 1.82) is 0 Å². The number of hydrogen-bond acceptors (Lipinski definition) is 0. The van der Waals surface area contributed by atoms with Gasteiger partial charge in [0.1, 0.15) is 6.54 Å². The molecular weight excluding hydrogens is 218 g/mol. The van der Waals surface area contributed by atoms with Gasteiger partial charge in [-0.1, -0.05) is 51.7 Å². The van der Waals surface area contributed by atoms with Crippen molar-refractivity contribution in [2.75, 3.05) is 26.2 Å². The van der Waals surface area contributed by atoms with E-state index in [2.05, 4.69) is 51.7 Å². The van der Waals surface area contributed by atoms with Crippen LogP contribution in [0, 0.1) is 0 Å². The molecule has 18 heavy (non-hydrogen) atoms. The Morgan fingerprint density at radius 2 is 1.44 bits per heavy atom. The Kier molecular flexibility index (Phi) is 9.67. The Bertz CT molecular complexity index is 256. The molecule has 1 heteroatoms. The smallest absolute Gasteiger partial charge is 0.104 e. The third-order valence-corrected chi connectivity index (χ3v) is 3.27.